The molecular weight excluding hydrogens is 532 g/mol. The van der Waals surface area contributed by atoms with Crippen LogP contribution in [0.5, 0.6) is 28.7 Å². The van der Waals surface area contributed by atoms with Gasteiger partial charge in [0.2, 0.25) is 0 Å². The molecule has 2 aliphatic heterocycles. The minimum atomic E-state index is -0.493. The number of aromatic nitrogens is 1. The van der Waals surface area contributed by atoms with Crippen molar-refractivity contribution in [2.45, 2.75) is 0 Å². The summed E-state index contributed by atoms with van der Waals surface area (Å²) in [5.74, 6) is 1.49. The minimum Gasteiger partial charge on any atom is -0.486 e. The number of benzene rings is 2. The average molecular weight is 553 g/mol. The van der Waals surface area contributed by atoms with E-state index >= 15 is 0 Å². The molecule has 0 unspecified atom stereocenters. The van der Waals surface area contributed by atoms with E-state index in [0.29, 0.717) is 60.6 Å². The summed E-state index contributed by atoms with van der Waals surface area (Å²) in [6, 6.07) is 12.8. The Morgan fingerprint density at radius 3 is 1.92 bits per heavy atom. The molecule has 0 radical (unpaired) electrons. The molecule has 0 atom stereocenters. The zero-order chi connectivity index (χ0) is 26.5. The normalized spacial score (nSPS) is 13.1. The maximum atomic E-state index is 12.7. The van der Waals surface area contributed by atoms with Gasteiger partial charge in [0.1, 0.15) is 26.4 Å². The lowest BCUT2D eigenvalue weighted by atomic mass is 10.2. The zero-order valence-electron chi connectivity index (χ0n) is 19.6. The summed E-state index contributed by atoms with van der Waals surface area (Å²) in [7, 11) is 0. The first-order valence-corrected chi connectivity index (χ1v) is 12.2. The Hall–Kier alpha value is -4.49. The van der Waals surface area contributed by atoms with Crippen molar-refractivity contribution in [2.24, 2.45) is 0 Å². The van der Waals surface area contributed by atoms with Gasteiger partial charge in [-0.05, 0) is 73.0 Å². The molecule has 5 rings (SSSR count). The number of carbonyl (C=O) groups excluding carboxylic acids is 2. The van der Waals surface area contributed by atoms with Crippen molar-refractivity contribution >= 4 is 52.4 Å². The topological polar surface area (TPSA) is 129 Å². The summed E-state index contributed by atoms with van der Waals surface area (Å²) in [5.41, 5.74) is 0.645. The fraction of sp³-hybridized carbons (Fsp3) is 0.160. The number of thiocarbonyl (C=S) groups is 2. The molecule has 3 heterocycles. The minimum absolute atomic E-state index is 0.0281. The Bertz CT molecular complexity index is 1330. The number of nitrogens with zero attached hydrogens (tertiary/aromatic N) is 1. The SMILES string of the molecule is O=C(NC(=S)Nc1ncccc1OC(=S)NC(=O)c1ccc2c(c1)OCCO2)c1ccc2c(c1)OCCO2. The largest absolute Gasteiger partial charge is 0.486 e. The number of anilines is 1. The van der Waals surface area contributed by atoms with E-state index in [1.54, 1.807) is 48.5 Å². The van der Waals surface area contributed by atoms with Crippen LogP contribution >= 0.6 is 24.4 Å². The number of pyridine rings is 1. The van der Waals surface area contributed by atoms with Crippen molar-refractivity contribution < 1.29 is 33.3 Å². The fourth-order valence-electron chi connectivity index (χ4n) is 3.54. The van der Waals surface area contributed by atoms with Gasteiger partial charge in [-0.1, -0.05) is 0 Å². The second-order valence-electron chi connectivity index (χ2n) is 7.82. The third-order valence-corrected chi connectivity index (χ3v) is 5.65. The standard InChI is InChI=1S/C25H20N4O7S2/c30-22(14-3-5-16-19(12-14)34-10-8-32-16)28-24(37)27-21-18(2-1-7-26-21)36-25(38)29-23(31)15-4-6-17-20(13-15)35-11-9-33-17/h1-7,12-13H,8-11H2,(H,29,31,38)(H2,26,27,28,30,37). The highest BCUT2D eigenvalue weighted by Gasteiger charge is 2.19. The predicted octanol–water partition coefficient (Wildman–Crippen LogP) is 2.84. The van der Waals surface area contributed by atoms with Crippen LogP contribution in [-0.2, 0) is 0 Å². The molecule has 3 N–H and O–H groups in total. The van der Waals surface area contributed by atoms with E-state index in [-0.39, 0.29) is 21.9 Å². The number of ether oxygens (including phenoxy) is 5. The number of fused-ring (bicyclic) bond motifs is 2. The first kappa shape index (κ1) is 25.2. The van der Waals surface area contributed by atoms with Crippen molar-refractivity contribution in [3.63, 3.8) is 0 Å². The number of hydrogen-bond donors (Lipinski definition) is 3. The van der Waals surface area contributed by atoms with Crippen LogP contribution in [0, 0.1) is 0 Å². The van der Waals surface area contributed by atoms with Gasteiger partial charge in [-0.15, -0.1) is 0 Å². The van der Waals surface area contributed by atoms with Crippen molar-refractivity contribution in [2.75, 3.05) is 31.7 Å². The van der Waals surface area contributed by atoms with Gasteiger partial charge in [-0.25, -0.2) is 4.98 Å². The molecule has 0 bridgehead atoms. The molecule has 13 heteroatoms. The quantitative estimate of drug-likeness (QED) is 0.413. The summed E-state index contributed by atoms with van der Waals surface area (Å²) >= 11 is 10.5. The predicted molar refractivity (Wildman–Crippen MR) is 143 cm³/mol. The van der Waals surface area contributed by atoms with Gasteiger partial charge in [-0.3, -0.25) is 20.2 Å². The van der Waals surface area contributed by atoms with Gasteiger partial charge < -0.3 is 29.0 Å². The van der Waals surface area contributed by atoms with Crippen LogP contribution in [0.15, 0.2) is 54.7 Å². The Morgan fingerprint density at radius 1 is 0.763 bits per heavy atom. The molecule has 1 aromatic heterocycles. The lowest BCUT2D eigenvalue weighted by Gasteiger charge is -2.19. The second kappa shape index (κ2) is 11.3. The molecule has 0 aliphatic carbocycles. The molecule has 0 spiro atoms. The smallest absolute Gasteiger partial charge is 0.269 e. The van der Waals surface area contributed by atoms with Crippen LogP contribution in [0.1, 0.15) is 20.7 Å². The summed E-state index contributed by atoms with van der Waals surface area (Å²) in [6.45, 7) is 1.70. The van der Waals surface area contributed by atoms with Crippen molar-refractivity contribution in [3.8, 4) is 28.7 Å². The molecule has 38 heavy (non-hydrogen) atoms. The van der Waals surface area contributed by atoms with Crippen molar-refractivity contribution in [1.29, 1.82) is 0 Å². The maximum absolute atomic E-state index is 12.7. The number of rotatable bonds is 4. The van der Waals surface area contributed by atoms with Gasteiger partial charge in [0.05, 0.1) is 0 Å². The summed E-state index contributed by atoms with van der Waals surface area (Å²) < 4.78 is 27.6. The van der Waals surface area contributed by atoms with E-state index in [4.69, 9.17) is 48.1 Å². The molecule has 2 amide bonds. The van der Waals surface area contributed by atoms with E-state index in [9.17, 15) is 9.59 Å². The molecule has 2 aromatic carbocycles. The second-order valence-corrected chi connectivity index (χ2v) is 8.60. The Labute approximate surface area is 227 Å². The number of carbonyl (C=O) groups is 2. The lowest BCUT2D eigenvalue weighted by molar-refractivity contribution is 0.0965. The van der Waals surface area contributed by atoms with E-state index < -0.39 is 11.8 Å². The zero-order valence-corrected chi connectivity index (χ0v) is 21.3. The fourth-order valence-corrected chi connectivity index (χ4v) is 3.91. The molecular formula is C25H20N4O7S2. The third-order valence-electron chi connectivity index (χ3n) is 5.26. The third kappa shape index (κ3) is 5.90. The molecule has 3 aromatic rings. The van der Waals surface area contributed by atoms with E-state index in [1.807, 2.05) is 0 Å². The van der Waals surface area contributed by atoms with Gasteiger partial charge in [-0.2, -0.15) is 0 Å². The van der Waals surface area contributed by atoms with Gasteiger partial charge in [0.25, 0.3) is 17.0 Å². The van der Waals surface area contributed by atoms with Crippen LogP contribution in [0.4, 0.5) is 5.82 Å². The summed E-state index contributed by atoms with van der Waals surface area (Å²) in [4.78, 5) is 29.5. The average Bonchev–Trinajstić information content (AvgIpc) is 2.93. The van der Waals surface area contributed by atoms with E-state index in [2.05, 4.69) is 20.9 Å². The first-order valence-electron chi connectivity index (χ1n) is 11.4. The van der Waals surface area contributed by atoms with Crippen molar-refractivity contribution in [1.82, 2.24) is 15.6 Å². The Balaban J connectivity index is 1.19. The monoisotopic (exact) mass is 552 g/mol. The molecule has 0 saturated carbocycles. The van der Waals surface area contributed by atoms with Crippen LogP contribution in [-0.4, -0.2) is 53.5 Å². The summed E-state index contributed by atoms with van der Waals surface area (Å²) in [5, 5.41) is 7.64. The van der Waals surface area contributed by atoms with E-state index in [1.165, 1.54) is 6.20 Å². The van der Waals surface area contributed by atoms with Crippen LogP contribution in [0.25, 0.3) is 0 Å². The van der Waals surface area contributed by atoms with Gasteiger partial charge >= 0.3 is 0 Å². The van der Waals surface area contributed by atoms with Crippen LogP contribution in [0.2, 0.25) is 0 Å². The Kier molecular flexibility index (Phi) is 7.47. The molecule has 194 valence electrons. The van der Waals surface area contributed by atoms with Crippen LogP contribution in [0.3, 0.4) is 0 Å². The lowest BCUT2D eigenvalue weighted by Crippen LogP contribution is -2.35. The van der Waals surface area contributed by atoms with Crippen molar-refractivity contribution in [3.05, 3.63) is 65.9 Å². The number of nitrogens with one attached hydrogen (secondary N) is 3. The molecule has 0 saturated heterocycles. The Morgan fingerprint density at radius 2 is 1.32 bits per heavy atom. The van der Waals surface area contributed by atoms with Gasteiger partial charge in [0.15, 0.2) is 39.7 Å². The summed E-state index contributed by atoms with van der Waals surface area (Å²) in [6.07, 6.45) is 1.50. The van der Waals surface area contributed by atoms with Gasteiger partial charge in [0, 0.05) is 17.3 Å². The molecule has 11 nitrogen and oxygen atoms in total. The maximum Gasteiger partial charge on any atom is 0.269 e. The highest BCUT2D eigenvalue weighted by atomic mass is 32.1. The highest BCUT2D eigenvalue weighted by Crippen LogP contribution is 2.31. The van der Waals surface area contributed by atoms with Crippen LogP contribution < -0.4 is 39.6 Å². The molecule has 0 fully saturated rings. The van der Waals surface area contributed by atoms with E-state index in [0.717, 1.165) is 0 Å². The number of amides is 2. The highest BCUT2D eigenvalue weighted by molar-refractivity contribution is 7.80. The number of hydrogen-bond acceptors (Lipinski definition) is 10. The molecule has 2 aliphatic rings. The first-order chi connectivity index (χ1) is 18.5.